The second kappa shape index (κ2) is 7.09. The van der Waals surface area contributed by atoms with Gasteiger partial charge in [-0.2, -0.15) is 0 Å². The van der Waals surface area contributed by atoms with Gasteiger partial charge in [0.05, 0.1) is 5.56 Å². The molecule has 0 radical (unpaired) electrons. The molecular weight excluding hydrogens is 290 g/mol. The minimum atomic E-state index is -0.493. The monoisotopic (exact) mass is 311 g/mol. The van der Waals surface area contributed by atoms with Crippen LogP contribution in [-0.2, 0) is 4.74 Å². The highest BCUT2D eigenvalue weighted by Crippen LogP contribution is 2.14. The summed E-state index contributed by atoms with van der Waals surface area (Å²) >= 11 is 0. The van der Waals surface area contributed by atoms with E-state index >= 15 is 0 Å². The number of anilines is 1. The highest BCUT2D eigenvalue weighted by Gasteiger charge is 2.12. The minimum absolute atomic E-state index is 0.202. The van der Waals surface area contributed by atoms with E-state index in [0.29, 0.717) is 11.1 Å². The van der Waals surface area contributed by atoms with Crippen molar-refractivity contribution >= 4 is 17.4 Å². The first-order valence-electron chi connectivity index (χ1n) is 7.43. The van der Waals surface area contributed by atoms with Crippen molar-refractivity contribution in [3.63, 3.8) is 0 Å². The highest BCUT2D eigenvalue weighted by molar-refractivity contribution is 5.99. The number of esters is 1. The van der Waals surface area contributed by atoms with Crippen LogP contribution in [0.3, 0.4) is 0 Å². The molecule has 2 aromatic carbocycles. The predicted molar refractivity (Wildman–Crippen MR) is 91.3 cm³/mol. The number of nitrogens with zero attached hydrogens (tertiary/aromatic N) is 1. The van der Waals surface area contributed by atoms with Crippen molar-refractivity contribution < 1.29 is 14.3 Å². The molecule has 0 N–H and O–H groups in total. The average molecular weight is 311 g/mol. The van der Waals surface area contributed by atoms with Gasteiger partial charge in [0, 0.05) is 25.3 Å². The molecule has 0 unspecified atom stereocenters. The molecule has 0 atom stereocenters. The van der Waals surface area contributed by atoms with E-state index in [1.165, 1.54) is 0 Å². The van der Waals surface area contributed by atoms with Gasteiger partial charge in [-0.05, 0) is 55.3 Å². The quantitative estimate of drug-likeness (QED) is 0.627. The van der Waals surface area contributed by atoms with Gasteiger partial charge in [-0.3, -0.25) is 4.79 Å². The van der Waals surface area contributed by atoms with Crippen molar-refractivity contribution in [1.82, 2.24) is 0 Å². The van der Waals surface area contributed by atoms with Crippen LogP contribution < -0.4 is 4.90 Å². The Kier molecular flexibility index (Phi) is 5.16. The van der Waals surface area contributed by atoms with Crippen LogP contribution in [0.4, 0.5) is 5.69 Å². The molecule has 0 amide bonds. The summed E-state index contributed by atoms with van der Waals surface area (Å²) in [6.45, 7) is 3.68. The van der Waals surface area contributed by atoms with E-state index in [0.717, 1.165) is 16.8 Å². The molecule has 0 fully saturated rings. The maximum atomic E-state index is 12.1. The molecule has 0 bridgehead atoms. The lowest BCUT2D eigenvalue weighted by atomic mass is 10.0. The number of benzene rings is 2. The number of hydrogen-bond donors (Lipinski definition) is 0. The van der Waals surface area contributed by atoms with Crippen LogP contribution in [0.25, 0.3) is 0 Å². The van der Waals surface area contributed by atoms with Gasteiger partial charge in [-0.15, -0.1) is 0 Å². The SMILES string of the molecule is Cc1ccc(C(=O)COC(=O)c2ccc(N(C)C)cc2)cc1C. The lowest BCUT2D eigenvalue weighted by Crippen LogP contribution is -2.15. The zero-order valence-corrected chi connectivity index (χ0v) is 13.9. The summed E-state index contributed by atoms with van der Waals surface area (Å²) in [5.41, 5.74) is 4.15. The first-order chi connectivity index (χ1) is 10.9. The van der Waals surface area contributed by atoms with Gasteiger partial charge in [-0.1, -0.05) is 12.1 Å². The molecule has 0 aromatic heterocycles. The molecular formula is C19H21NO3. The Bertz CT molecular complexity index is 718. The summed E-state index contributed by atoms with van der Waals surface area (Å²) in [6, 6.07) is 12.5. The largest absolute Gasteiger partial charge is 0.454 e. The van der Waals surface area contributed by atoms with Crippen molar-refractivity contribution in [3.8, 4) is 0 Å². The normalized spacial score (nSPS) is 10.3. The molecule has 4 heteroatoms. The minimum Gasteiger partial charge on any atom is -0.454 e. The van der Waals surface area contributed by atoms with E-state index in [2.05, 4.69) is 0 Å². The van der Waals surface area contributed by atoms with E-state index in [-0.39, 0.29) is 12.4 Å². The molecule has 0 aliphatic rings. The van der Waals surface area contributed by atoms with Crippen molar-refractivity contribution in [2.75, 3.05) is 25.6 Å². The Hall–Kier alpha value is -2.62. The second-order valence-electron chi connectivity index (χ2n) is 5.74. The van der Waals surface area contributed by atoms with Crippen molar-refractivity contribution in [3.05, 3.63) is 64.7 Å². The number of carbonyl (C=O) groups is 2. The molecule has 2 rings (SSSR count). The smallest absolute Gasteiger partial charge is 0.338 e. The van der Waals surface area contributed by atoms with E-state index in [4.69, 9.17) is 4.74 Å². The lowest BCUT2D eigenvalue weighted by molar-refractivity contribution is 0.0475. The van der Waals surface area contributed by atoms with Crippen molar-refractivity contribution in [1.29, 1.82) is 0 Å². The molecule has 2 aromatic rings. The summed E-state index contributed by atoms with van der Waals surface area (Å²) in [5, 5.41) is 0. The highest BCUT2D eigenvalue weighted by atomic mass is 16.5. The first-order valence-corrected chi connectivity index (χ1v) is 7.43. The Morgan fingerprint density at radius 3 is 2.09 bits per heavy atom. The van der Waals surface area contributed by atoms with Crippen LogP contribution >= 0.6 is 0 Å². The molecule has 0 saturated heterocycles. The maximum Gasteiger partial charge on any atom is 0.338 e. The third-order valence-corrected chi connectivity index (χ3v) is 3.78. The number of carbonyl (C=O) groups excluding carboxylic acids is 2. The van der Waals surface area contributed by atoms with Gasteiger partial charge in [0.2, 0.25) is 0 Å². The van der Waals surface area contributed by atoms with E-state index in [1.807, 2.05) is 57.1 Å². The third kappa shape index (κ3) is 4.19. The Balaban J connectivity index is 1.98. The van der Waals surface area contributed by atoms with Crippen LogP contribution in [-0.4, -0.2) is 32.5 Å². The third-order valence-electron chi connectivity index (χ3n) is 3.78. The van der Waals surface area contributed by atoms with Gasteiger partial charge in [0.25, 0.3) is 0 Å². The molecule has 120 valence electrons. The van der Waals surface area contributed by atoms with E-state index in [9.17, 15) is 9.59 Å². The van der Waals surface area contributed by atoms with E-state index < -0.39 is 5.97 Å². The van der Waals surface area contributed by atoms with Crippen molar-refractivity contribution in [2.24, 2.45) is 0 Å². The van der Waals surface area contributed by atoms with Crippen LogP contribution in [0.15, 0.2) is 42.5 Å². The van der Waals surface area contributed by atoms with Gasteiger partial charge in [0.1, 0.15) is 0 Å². The Labute approximate surface area is 136 Å². The summed E-state index contributed by atoms with van der Waals surface area (Å²) in [6.07, 6.45) is 0. The van der Waals surface area contributed by atoms with Gasteiger partial charge in [-0.25, -0.2) is 4.79 Å². The number of ether oxygens (including phenoxy) is 1. The fourth-order valence-electron chi connectivity index (χ4n) is 2.11. The number of rotatable bonds is 5. The van der Waals surface area contributed by atoms with Crippen LogP contribution in [0, 0.1) is 13.8 Å². The molecule has 23 heavy (non-hydrogen) atoms. The number of aryl methyl sites for hydroxylation is 2. The molecule has 0 saturated carbocycles. The average Bonchev–Trinajstić information content (AvgIpc) is 2.54. The molecule has 4 nitrogen and oxygen atoms in total. The fraction of sp³-hybridized carbons (Fsp3) is 0.263. The molecule has 0 aliphatic carbocycles. The summed E-state index contributed by atoms with van der Waals surface area (Å²) < 4.78 is 5.11. The number of hydrogen-bond acceptors (Lipinski definition) is 4. The van der Waals surface area contributed by atoms with Gasteiger partial charge in [0.15, 0.2) is 12.4 Å². The zero-order valence-electron chi connectivity index (χ0n) is 13.9. The van der Waals surface area contributed by atoms with Crippen LogP contribution in [0.1, 0.15) is 31.8 Å². The molecule has 0 spiro atoms. The van der Waals surface area contributed by atoms with Gasteiger partial charge >= 0.3 is 5.97 Å². The summed E-state index contributed by atoms with van der Waals surface area (Å²) in [4.78, 5) is 26.0. The lowest BCUT2D eigenvalue weighted by Gasteiger charge is -2.12. The van der Waals surface area contributed by atoms with Gasteiger partial charge < -0.3 is 9.64 Å². The zero-order chi connectivity index (χ0) is 17.0. The van der Waals surface area contributed by atoms with E-state index in [1.54, 1.807) is 18.2 Å². The number of ketones is 1. The molecule has 0 aliphatic heterocycles. The van der Waals surface area contributed by atoms with Crippen molar-refractivity contribution in [2.45, 2.75) is 13.8 Å². The standard InChI is InChI=1S/C19H21NO3/c1-13-5-6-16(11-14(13)2)18(21)12-23-19(22)15-7-9-17(10-8-15)20(3)4/h5-11H,12H2,1-4H3. The first kappa shape index (κ1) is 16.7. The Morgan fingerprint density at radius 2 is 1.52 bits per heavy atom. The summed E-state index contributed by atoms with van der Waals surface area (Å²) in [5.74, 6) is -0.696. The molecule has 0 heterocycles. The topological polar surface area (TPSA) is 46.6 Å². The number of Topliss-reactive ketones (excluding diaryl/α,β-unsaturated/α-hetero) is 1. The van der Waals surface area contributed by atoms with Crippen LogP contribution in [0.5, 0.6) is 0 Å². The second-order valence-corrected chi connectivity index (χ2v) is 5.74. The summed E-state index contributed by atoms with van der Waals surface area (Å²) in [7, 11) is 3.85. The Morgan fingerprint density at radius 1 is 0.913 bits per heavy atom. The maximum absolute atomic E-state index is 12.1. The predicted octanol–water partition coefficient (Wildman–Crippen LogP) is 3.41. The fourth-order valence-corrected chi connectivity index (χ4v) is 2.11. The van der Waals surface area contributed by atoms with Crippen LogP contribution in [0.2, 0.25) is 0 Å².